The van der Waals surface area contributed by atoms with Gasteiger partial charge in [0.25, 0.3) is 0 Å². The molecular weight excluding hydrogens is 308 g/mol. The number of carbonyl (C=O) groups excluding carboxylic acids is 2. The first-order chi connectivity index (χ1) is 11.5. The topological polar surface area (TPSA) is 84.4 Å². The molecule has 1 saturated heterocycles. The van der Waals surface area contributed by atoms with Crippen LogP contribution >= 0.6 is 0 Å². The number of nitrogens with one attached hydrogen (secondary N) is 1. The third kappa shape index (κ3) is 4.99. The van der Waals surface area contributed by atoms with Gasteiger partial charge in [-0.15, -0.1) is 0 Å². The predicted octanol–water partition coefficient (Wildman–Crippen LogP) is 0.816. The van der Waals surface area contributed by atoms with Crippen LogP contribution in [0, 0.1) is 6.92 Å². The fraction of sp³-hybridized carbons (Fsp3) is 0.647. The minimum atomic E-state index is 0.00168. The van der Waals surface area contributed by atoms with Gasteiger partial charge in [0, 0.05) is 51.0 Å². The van der Waals surface area contributed by atoms with Crippen molar-refractivity contribution in [2.45, 2.75) is 38.5 Å². The van der Waals surface area contributed by atoms with E-state index in [1.807, 2.05) is 17.9 Å². The lowest BCUT2D eigenvalue weighted by Gasteiger charge is -2.32. The first-order valence-corrected chi connectivity index (χ1v) is 8.35. The molecule has 0 spiro atoms. The third-order valence-corrected chi connectivity index (χ3v) is 4.26. The highest BCUT2D eigenvalue weighted by Crippen LogP contribution is 2.26. The summed E-state index contributed by atoms with van der Waals surface area (Å²) in [5.41, 5.74) is 1.84. The standard InChI is InChI=1S/C17H26N4O3/c1-12-19-14(6-7-16(22)18-2)9-15(20-12)13-5-4-8-21(10-13)17(23)11-24-3/h9,13H,4-8,10-11H2,1-3H3,(H,18,22). The monoisotopic (exact) mass is 334 g/mol. The molecule has 1 aromatic heterocycles. The molecule has 1 aliphatic heterocycles. The number of piperidine rings is 1. The van der Waals surface area contributed by atoms with E-state index in [0.717, 1.165) is 30.8 Å². The second kappa shape index (κ2) is 8.73. The number of likely N-dealkylation sites (tertiary alicyclic amines) is 1. The van der Waals surface area contributed by atoms with Gasteiger partial charge in [0.2, 0.25) is 11.8 Å². The van der Waals surface area contributed by atoms with Crippen molar-refractivity contribution in [1.29, 1.82) is 0 Å². The summed E-state index contributed by atoms with van der Waals surface area (Å²) in [4.78, 5) is 34.3. The summed E-state index contributed by atoms with van der Waals surface area (Å²) >= 11 is 0. The highest BCUT2D eigenvalue weighted by molar-refractivity contribution is 5.77. The molecule has 132 valence electrons. The Morgan fingerprint density at radius 3 is 2.92 bits per heavy atom. The van der Waals surface area contributed by atoms with E-state index < -0.39 is 0 Å². The molecule has 1 atom stereocenters. The van der Waals surface area contributed by atoms with Crippen LogP contribution in [-0.2, 0) is 20.7 Å². The number of ether oxygens (including phenoxy) is 1. The Labute approximate surface area is 142 Å². The first-order valence-electron chi connectivity index (χ1n) is 8.35. The second-order valence-corrected chi connectivity index (χ2v) is 6.12. The van der Waals surface area contributed by atoms with Crippen LogP contribution in [0.2, 0.25) is 0 Å². The molecule has 1 fully saturated rings. The maximum Gasteiger partial charge on any atom is 0.248 e. The molecule has 2 rings (SSSR count). The highest BCUT2D eigenvalue weighted by Gasteiger charge is 2.26. The van der Waals surface area contributed by atoms with E-state index in [4.69, 9.17) is 4.74 Å². The molecule has 7 heteroatoms. The van der Waals surface area contributed by atoms with Gasteiger partial charge in [-0.2, -0.15) is 0 Å². The lowest BCUT2D eigenvalue weighted by Crippen LogP contribution is -2.41. The Morgan fingerprint density at radius 2 is 2.21 bits per heavy atom. The zero-order valence-corrected chi connectivity index (χ0v) is 14.7. The summed E-state index contributed by atoms with van der Waals surface area (Å²) in [6.07, 6.45) is 2.96. The largest absolute Gasteiger partial charge is 0.375 e. The van der Waals surface area contributed by atoms with Gasteiger partial charge in [0.1, 0.15) is 12.4 Å². The van der Waals surface area contributed by atoms with E-state index >= 15 is 0 Å². The average molecular weight is 334 g/mol. The average Bonchev–Trinajstić information content (AvgIpc) is 2.59. The molecule has 24 heavy (non-hydrogen) atoms. The Kier molecular flexibility index (Phi) is 6.66. The number of aryl methyl sites for hydroxylation is 2. The van der Waals surface area contributed by atoms with E-state index in [0.29, 0.717) is 25.2 Å². The van der Waals surface area contributed by atoms with Crippen molar-refractivity contribution in [2.75, 3.05) is 33.9 Å². The van der Waals surface area contributed by atoms with Crippen LogP contribution in [0.3, 0.4) is 0 Å². The second-order valence-electron chi connectivity index (χ2n) is 6.12. The maximum atomic E-state index is 12.0. The number of methoxy groups -OCH3 is 1. The molecule has 0 bridgehead atoms. The molecule has 2 heterocycles. The Hall–Kier alpha value is -2.02. The van der Waals surface area contributed by atoms with Crippen LogP contribution in [0.15, 0.2) is 6.07 Å². The van der Waals surface area contributed by atoms with Gasteiger partial charge in [-0.3, -0.25) is 9.59 Å². The van der Waals surface area contributed by atoms with Crippen molar-refractivity contribution >= 4 is 11.8 Å². The lowest BCUT2D eigenvalue weighted by molar-refractivity contribution is -0.136. The molecule has 1 unspecified atom stereocenters. The van der Waals surface area contributed by atoms with Gasteiger partial charge < -0.3 is 15.0 Å². The first kappa shape index (κ1) is 18.3. The Balaban J connectivity index is 2.08. The van der Waals surface area contributed by atoms with E-state index in [2.05, 4.69) is 15.3 Å². The molecule has 2 amide bonds. The Bertz CT molecular complexity index is 591. The van der Waals surface area contributed by atoms with Gasteiger partial charge in [0.15, 0.2) is 0 Å². The lowest BCUT2D eigenvalue weighted by atomic mass is 9.93. The fourth-order valence-electron chi connectivity index (χ4n) is 3.02. The van der Waals surface area contributed by atoms with Gasteiger partial charge in [-0.25, -0.2) is 9.97 Å². The van der Waals surface area contributed by atoms with Crippen LogP contribution in [0.1, 0.15) is 42.4 Å². The SMILES string of the molecule is CNC(=O)CCc1cc(C2CCCN(C(=O)COC)C2)nc(C)n1. The summed E-state index contributed by atoms with van der Waals surface area (Å²) in [5, 5.41) is 2.62. The van der Waals surface area contributed by atoms with Crippen LogP contribution in [0.25, 0.3) is 0 Å². The predicted molar refractivity (Wildman–Crippen MR) is 89.6 cm³/mol. The molecule has 7 nitrogen and oxygen atoms in total. The van der Waals surface area contributed by atoms with E-state index in [1.54, 1.807) is 7.05 Å². The van der Waals surface area contributed by atoms with Crippen LogP contribution in [0.4, 0.5) is 0 Å². The molecule has 1 N–H and O–H groups in total. The summed E-state index contributed by atoms with van der Waals surface area (Å²) < 4.78 is 4.95. The smallest absolute Gasteiger partial charge is 0.248 e. The molecule has 1 aliphatic rings. The van der Waals surface area contributed by atoms with Crippen molar-refractivity contribution < 1.29 is 14.3 Å². The van der Waals surface area contributed by atoms with Crippen molar-refractivity contribution in [3.63, 3.8) is 0 Å². The molecule has 0 aromatic carbocycles. The van der Waals surface area contributed by atoms with Crippen LogP contribution in [-0.4, -0.2) is 60.5 Å². The van der Waals surface area contributed by atoms with Crippen molar-refractivity contribution in [1.82, 2.24) is 20.2 Å². The quantitative estimate of drug-likeness (QED) is 0.832. The number of nitrogens with zero attached hydrogens (tertiary/aromatic N) is 3. The maximum absolute atomic E-state index is 12.0. The van der Waals surface area contributed by atoms with E-state index in [-0.39, 0.29) is 24.3 Å². The van der Waals surface area contributed by atoms with Crippen molar-refractivity contribution in [2.24, 2.45) is 0 Å². The number of aromatic nitrogens is 2. The zero-order valence-electron chi connectivity index (χ0n) is 14.7. The summed E-state index contributed by atoms with van der Waals surface area (Å²) in [5.74, 6) is 0.939. The zero-order chi connectivity index (χ0) is 17.5. The molecule has 0 aliphatic carbocycles. The number of hydrogen-bond acceptors (Lipinski definition) is 5. The van der Waals surface area contributed by atoms with Gasteiger partial charge in [-0.05, 0) is 32.3 Å². The van der Waals surface area contributed by atoms with Crippen molar-refractivity contribution in [3.8, 4) is 0 Å². The van der Waals surface area contributed by atoms with Crippen molar-refractivity contribution in [3.05, 3.63) is 23.3 Å². The number of amides is 2. The summed E-state index contributed by atoms with van der Waals surface area (Å²) in [6.45, 7) is 3.41. The minimum Gasteiger partial charge on any atom is -0.375 e. The normalized spacial score (nSPS) is 17.6. The molecule has 0 radical (unpaired) electrons. The van der Waals surface area contributed by atoms with Gasteiger partial charge in [0.05, 0.1) is 0 Å². The summed E-state index contributed by atoms with van der Waals surface area (Å²) in [7, 11) is 3.17. The van der Waals surface area contributed by atoms with Crippen LogP contribution < -0.4 is 5.32 Å². The van der Waals surface area contributed by atoms with E-state index in [9.17, 15) is 9.59 Å². The molecule has 1 aromatic rings. The van der Waals surface area contributed by atoms with Gasteiger partial charge in [-0.1, -0.05) is 0 Å². The number of carbonyl (C=O) groups is 2. The highest BCUT2D eigenvalue weighted by atomic mass is 16.5. The number of hydrogen-bond donors (Lipinski definition) is 1. The summed E-state index contributed by atoms with van der Waals surface area (Å²) in [6, 6.07) is 1.98. The van der Waals surface area contributed by atoms with Gasteiger partial charge >= 0.3 is 0 Å². The third-order valence-electron chi connectivity index (χ3n) is 4.26. The fourth-order valence-corrected chi connectivity index (χ4v) is 3.02. The van der Waals surface area contributed by atoms with Crippen LogP contribution in [0.5, 0.6) is 0 Å². The minimum absolute atomic E-state index is 0.00168. The molecule has 0 saturated carbocycles. The van der Waals surface area contributed by atoms with E-state index in [1.165, 1.54) is 7.11 Å². The Morgan fingerprint density at radius 1 is 1.42 bits per heavy atom. The molecular formula is C17H26N4O3. The number of rotatable bonds is 6.